The molecule has 4 rings (SSSR count). The van der Waals surface area contributed by atoms with Crippen molar-refractivity contribution in [2.24, 2.45) is 0 Å². The number of rotatable bonds is 4. The van der Waals surface area contributed by atoms with E-state index in [1.807, 2.05) is 37.8 Å². The molecule has 0 aliphatic carbocycles. The molecule has 3 aromatic rings. The summed E-state index contributed by atoms with van der Waals surface area (Å²) in [5.41, 5.74) is 2.25. The minimum absolute atomic E-state index is 0.398. The molecule has 0 unspecified atom stereocenters. The van der Waals surface area contributed by atoms with Crippen molar-refractivity contribution in [2.45, 2.75) is 32.2 Å². The van der Waals surface area contributed by atoms with Crippen LogP contribution >= 0.6 is 0 Å². The Balaban J connectivity index is 1.53. The van der Waals surface area contributed by atoms with Gasteiger partial charge in [0.05, 0.1) is 0 Å². The fourth-order valence-electron chi connectivity index (χ4n) is 3.46. The van der Waals surface area contributed by atoms with E-state index < -0.39 is 0 Å². The summed E-state index contributed by atoms with van der Waals surface area (Å²) in [6.45, 7) is 4.76. The second-order valence-electron chi connectivity index (χ2n) is 6.55. The van der Waals surface area contributed by atoms with Crippen LogP contribution in [0, 0.1) is 6.92 Å². The maximum absolute atomic E-state index is 4.66. The van der Waals surface area contributed by atoms with Crippen molar-refractivity contribution >= 4 is 5.95 Å². The molecule has 6 heteroatoms. The second-order valence-corrected chi connectivity index (χ2v) is 6.55. The standard InChI is InChI=1S/C19H22N6/c1-15-4-9-22-19(23-15)25-11-2-3-17(14-25)18-21-10-12-24(18)13-16-5-7-20-8-6-16/h4-10,12,17H,2-3,11,13-14H2,1H3/t17-/m0/s1. The Morgan fingerprint density at radius 1 is 1.08 bits per heavy atom. The van der Waals surface area contributed by atoms with E-state index in [0.717, 1.165) is 49.9 Å². The number of anilines is 1. The lowest BCUT2D eigenvalue weighted by Gasteiger charge is -2.32. The molecular formula is C19H22N6. The Labute approximate surface area is 147 Å². The van der Waals surface area contributed by atoms with Gasteiger partial charge in [0, 0.05) is 62.2 Å². The summed E-state index contributed by atoms with van der Waals surface area (Å²) in [5.74, 6) is 2.38. The van der Waals surface area contributed by atoms with Gasteiger partial charge >= 0.3 is 0 Å². The average Bonchev–Trinajstić information content (AvgIpc) is 3.11. The molecular weight excluding hydrogens is 312 g/mol. The zero-order valence-corrected chi connectivity index (χ0v) is 14.4. The van der Waals surface area contributed by atoms with Crippen molar-refractivity contribution < 1.29 is 0 Å². The van der Waals surface area contributed by atoms with Gasteiger partial charge in [-0.3, -0.25) is 4.98 Å². The zero-order valence-electron chi connectivity index (χ0n) is 14.4. The Kier molecular flexibility index (Phi) is 4.41. The predicted octanol–water partition coefficient (Wildman–Crippen LogP) is 2.81. The van der Waals surface area contributed by atoms with E-state index in [1.54, 1.807) is 0 Å². The lowest BCUT2D eigenvalue weighted by atomic mass is 9.97. The van der Waals surface area contributed by atoms with Gasteiger partial charge in [-0.2, -0.15) is 0 Å². The van der Waals surface area contributed by atoms with E-state index >= 15 is 0 Å². The number of aryl methyl sites for hydroxylation is 1. The molecule has 0 N–H and O–H groups in total. The molecule has 0 saturated carbocycles. The summed E-state index contributed by atoms with van der Waals surface area (Å²) in [6, 6.07) is 6.04. The van der Waals surface area contributed by atoms with Crippen LogP contribution in [0.25, 0.3) is 0 Å². The van der Waals surface area contributed by atoms with Gasteiger partial charge in [-0.1, -0.05) is 0 Å². The van der Waals surface area contributed by atoms with Gasteiger partial charge in [-0.25, -0.2) is 15.0 Å². The van der Waals surface area contributed by atoms with E-state index in [2.05, 4.69) is 47.7 Å². The topological polar surface area (TPSA) is 59.7 Å². The van der Waals surface area contributed by atoms with Crippen LogP contribution in [0.5, 0.6) is 0 Å². The third-order valence-electron chi connectivity index (χ3n) is 4.70. The second kappa shape index (κ2) is 7.01. The first-order valence-corrected chi connectivity index (χ1v) is 8.74. The molecule has 0 aromatic carbocycles. The normalized spacial score (nSPS) is 17.6. The first-order chi connectivity index (χ1) is 12.3. The summed E-state index contributed by atoms with van der Waals surface area (Å²) in [6.07, 6.45) is 11.8. The van der Waals surface area contributed by atoms with Crippen molar-refractivity contribution in [2.75, 3.05) is 18.0 Å². The summed E-state index contributed by atoms with van der Waals surface area (Å²) in [4.78, 5) is 20.1. The molecule has 0 radical (unpaired) electrons. The van der Waals surface area contributed by atoms with Crippen LogP contribution in [0.2, 0.25) is 0 Å². The highest BCUT2D eigenvalue weighted by molar-refractivity contribution is 5.32. The first-order valence-electron chi connectivity index (χ1n) is 8.74. The summed E-state index contributed by atoms with van der Waals surface area (Å²) in [7, 11) is 0. The highest BCUT2D eigenvalue weighted by atomic mass is 15.3. The van der Waals surface area contributed by atoms with Gasteiger partial charge in [0.25, 0.3) is 0 Å². The highest BCUT2D eigenvalue weighted by Gasteiger charge is 2.26. The van der Waals surface area contributed by atoms with Gasteiger partial charge < -0.3 is 9.47 Å². The molecule has 1 fully saturated rings. The molecule has 1 aliphatic rings. The van der Waals surface area contributed by atoms with Gasteiger partial charge in [0.2, 0.25) is 5.95 Å². The van der Waals surface area contributed by atoms with Gasteiger partial charge in [-0.15, -0.1) is 0 Å². The van der Waals surface area contributed by atoms with Gasteiger partial charge in [0.15, 0.2) is 0 Å². The largest absolute Gasteiger partial charge is 0.340 e. The molecule has 128 valence electrons. The third-order valence-corrected chi connectivity index (χ3v) is 4.70. The van der Waals surface area contributed by atoms with Crippen molar-refractivity contribution in [1.29, 1.82) is 0 Å². The fraction of sp³-hybridized carbons (Fsp3) is 0.368. The molecule has 6 nitrogen and oxygen atoms in total. The Hall–Kier alpha value is -2.76. The van der Waals surface area contributed by atoms with E-state index in [1.165, 1.54) is 5.56 Å². The molecule has 4 heterocycles. The SMILES string of the molecule is Cc1ccnc(N2CCC[C@H](c3nccn3Cc3ccncc3)C2)n1. The maximum atomic E-state index is 4.66. The first kappa shape index (κ1) is 15.7. The molecule has 0 bridgehead atoms. The Bertz CT molecular complexity index is 829. The number of hydrogen-bond donors (Lipinski definition) is 0. The number of aromatic nitrogens is 5. The van der Waals surface area contributed by atoms with Crippen molar-refractivity contribution in [3.8, 4) is 0 Å². The van der Waals surface area contributed by atoms with Crippen LogP contribution in [0.15, 0.2) is 49.2 Å². The van der Waals surface area contributed by atoms with Crippen molar-refractivity contribution in [3.05, 3.63) is 66.3 Å². The van der Waals surface area contributed by atoms with Crippen molar-refractivity contribution in [1.82, 2.24) is 24.5 Å². The molecule has 1 aliphatic heterocycles. The Morgan fingerprint density at radius 3 is 2.80 bits per heavy atom. The van der Waals surface area contributed by atoms with E-state index in [0.29, 0.717) is 5.92 Å². The molecule has 0 amide bonds. The number of hydrogen-bond acceptors (Lipinski definition) is 5. The average molecular weight is 334 g/mol. The molecule has 1 atom stereocenters. The summed E-state index contributed by atoms with van der Waals surface area (Å²) in [5, 5.41) is 0. The summed E-state index contributed by atoms with van der Waals surface area (Å²) < 4.78 is 2.25. The maximum Gasteiger partial charge on any atom is 0.225 e. The zero-order chi connectivity index (χ0) is 17.1. The third kappa shape index (κ3) is 3.52. The van der Waals surface area contributed by atoms with Crippen LogP contribution in [0.4, 0.5) is 5.95 Å². The Morgan fingerprint density at radius 2 is 1.96 bits per heavy atom. The van der Waals surface area contributed by atoms with Crippen LogP contribution < -0.4 is 4.90 Å². The van der Waals surface area contributed by atoms with Gasteiger partial charge in [-0.05, 0) is 43.5 Å². The number of piperidine rings is 1. The number of nitrogens with zero attached hydrogens (tertiary/aromatic N) is 6. The highest BCUT2D eigenvalue weighted by Crippen LogP contribution is 2.28. The van der Waals surface area contributed by atoms with Crippen LogP contribution in [-0.2, 0) is 6.54 Å². The number of pyridine rings is 1. The fourth-order valence-corrected chi connectivity index (χ4v) is 3.46. The van der Waals surface area contributed by atoms with E-state index in [9.17, 15) is 0 Å². The van der Waals surface area contributed by atoms with Crippen LogP contribution in [0.1, 0.15) is 35.8 Å². The monoisotopic (exact) mass is 334 g/mol. The summed E-state index contributed by atoms with van der Waals surface area (Å²) >= 11 is 0. The van der Waals surface area contributed by atoms with Crippen LogP contribution in [-0.4, -0.2) is 37.6 Å². The van der Waals surface area contributed by atoms with E-state index in [4.69, 9.17) is 0 Å². The molecule has 1 saturated heterocycles. The van der Waals surface area contributed by atoms with Crippen molar-refractivity contribution in [3.63, 3.8) is 0 Å². The van der Waals surface area contributed by atoms with Crippen LogP contribution in [0.3, 0.4) is 0 Å². The molecule has 3 aromatic heterocycles. The smallest absolute Gasteiger partial charge is 0.225 e. The predicted molar refractivity (Wildman–Crippen MR) is 96.5 cm³/mol. The molecule has 0 spiro atoms. The lowest BCUT2D eigenvalue weighted by Crippen LogP contribution is -2.36. The number of imidazole rings is 1. The lowest BCUT2D eigenvalue weighted by molar-refractivity contribution is 0.471. The van der Waals surface area contributed by atoms with E-state index in [-0.39, 0.29) is 0 Å². The van der Waals surface area contributed by atoms with Gasteiger partial charge in [0.1, 0.15) is 5.82 Å². The quantitative estimate of drug-likeness (QED) is 0.734. The minimum Gasteiger partial charge on any atom is -0.340 e. The minimum atomic E-state index is 0.398. The molecule has 25 heavy (non-hydrogen) atoms.